The fourth-order valence-electron chi connectivity index (χ4n) is 2.58. The van der Waals surface area contributed by atoms with Crippen LogP contribution in [0.25, 0.3) is 11.4 Å². The number of benzene rings is 2. The number of halogens is 2. The van der Waals surface area contributed by atoms with Gasteiger partial charge < -0.3 is 4.57 Å². The maximum atomic E-state index is 12.5. The summed E-state index contributed by atoms with van der Waals surface area (Å²) in [4.78, 5) is 16.7. The van der Waals surface area contributed by atoms with Crippen LogP contribution in [0.4, 0.5) is 0 Å². The van der Waals surface area contributed by atoms with E-state index in [4.69, 9.17) is 23.2 Å². The van der Waals surface area contributed by atoms with Crippen LogP contribution in [0.3, 0.4) is 0 Å². The van der Waals surface area contributed by atoms with Crippen LogP contribution in [0.15, 0.2) is 53.6 Å². The largest absolute Gasteiger partial charge is 0.333 e. The summed E-state index contributed by atoms with van der Waals surface area (Å²) >= 11 is 12.2. The first-order valence-corrected chi connectivity index (χ1v) is 10.0. The molecular formula is C18H15Cl2N3O3S. The van der Waals surface area contributed by atoms with E-state index in [1.807, 2.05) is 4.72 Å². The van der Waals surface area contributed by atoms with Gasteiger partial charge in [0, 0.05) is 23.8 Å². The van der Waals surface area contributed by atoms with Crippen molar-refractivity contribution in [1.29, 1.82) is 0 Å². The second-order valence-corrected chi connectivity index (χ2v) is 8.38. The molecule has 27 heavy (non-hydrogen) atoms. The molecule has 0 unspecified atom stereocenters. The van der Waals surface area contributed by atoms with Gasteiger partial charge in [-0.25, -0.2) is 18.1 Å². The summed E-state index contributed by atoms with van der Waals surface area (Å²) in [5.74, 6) is -0.445. The van der Waals surface area contributed by atoms with Crippen LogP contribution in [0.1, 0.15) is 16.1 Å². The highest BCUT2D eigenvalue weighted by Gasteiger charge is 2.23. The van der Waals surface area contributed by atoms with Crippen molar-refractivity contribution >= 4 is 39.1 Å². The lowest BCUT2D eigenvalue weighted by Crippen LogP contribution is -2.31. The fraction of sp³-hybridized carbons (Fsp3) is 0.111. The average molecular weight is 424 g/mol. The molecule has 1 N–H and O–H groups in total. The molecule has 0 atom stereocenters. The lowest BCUT2D eigenvalue weighted by Gasteiger charge is -2.07. The summed E-state index contributed by atoms with van der Waals surface area (Å²) in [6, 6.07) is 11.3. The Morgan fingerprint density at radius 3 is 2.56 bits per heavy atom. The molecule has 1 heterocycles. The lowest BCUT2D eigenvalue weighted by atomic mass is 10.2. The molecule has 9 heteroatoms. The first-order valence-electron chi connectivity index (χ1n) is 7.80. The van der Waals surface area contributed by atoms with Gasteiger partial charge in [0.25, 0.3) is 15.9 Å². The molecule has 6 nitrogen and oxygen atoms in total. The van der Waals surface area contributed by atoms with E-state index in [9.17, 15) is 13.2 Å². The normalized spacial score (nSPS) is 11.4. The van der Waals surface area contributed by atoms with Gasteiger partial charge in [0.05, 0.1) is 9.92 Å². The molecule has 0 spiro atoms. The highest BCUT2D eigenvalue weighted by atomic mass is 35.5. The highest BCUT2D eigenvalue weighted by Crippen LogP contribution is 2.29. The van der Waals surface area contributed by atoms with E-state index in [0.29, 0.717) is 27.0 Å². The van der Waals surface area contributed by atoms with Crippen LogP contribution in [-0.4, -0.2) is 23.9 Å². The van der Waals surface area contributed by atoms with Gasteiger partial charge in [-0.3, -0.25) is 4.79 Å². The quantitative estimate of drug-likeness (QED) is 0.691. The van der Waals surface area contributed by atoms with E-state index < -0.39 is 15.9 Å². The summed E-state index contributed by atoms with van der Waals surface area (Å²) in [6.45, 7) is 1.65. The van der Waals surface area contributed by atoms with Crippen molar-refractivity contribution in [1.82, 2.24) is 14.3 Å². The Bertz CT molecular complexity index is 1140. The third-order valence-corrected chi connectivity index (χ3v) is 5.94. The van der Waals surface area contributed by atoms with Gasteiger partial charge in [-0.1, -0.05) is 41.4 Å². The Labute approximate surface area is 166 Å². The van der Waals surface area contributed by atoms with Gasteiger partial charge >= 0.3 is 0 Å². The van der Waals surface area contributed by atoms with Crippen molar-refractivity contribution in [3.8, 4) is 11.4 Å². The Balaban J connectivity index is 1.93. The molecule has 2 aromatic carbocycles. The Morgan fingerprint density at radius 2 is 1.85 bits per heavy atom. The number of nitrogens with zero attached hydrogens (tertiary/aromatic N) is 2. The number of sulfonamides is 1. The summed E-state index contributed by atoms with van der Waals surface area (Å²) < 4.78 is 28.6. The van der Waals surface area contributed by atoms with E-state index in [1.165, 1.54) is 12.3 Å². The molecule has 0 aliphatic rings. The van der Waals surface area contributed by atoms with Crippen LogP contribution < -0.4 is 4.72 Å². The second-order valence-electron chi connectivity index (χ2n) is 5.88. The topological polar surface area (TPSA) is 81.1 Å². The maximum absolute atomic E-state index is 12.5. The van der Waals surface area contributed by atoms with E-state index in [1.54, 1.807) is 54.9 Å². The smallest absolute Gasteiger partial charge is 0.285 e. The molecule has 0 bridgehead atoms. The van der Waals surface area contributed by atoms with E-state index in [0.717, 1.165) is 0 Å². The number of rotatable bonds is 4. The van der Waals surface area contributed by atoms with E-state index in [-0.39, 0.29) is 10.6 Å². The van der Waals surface area contributed by atoms with Crippen molar-refractivity contribution < 1.29 is 13.2 Å². The summed E-state index contributed by atoms with van der Waals surface area (Å²) in [7, 11) is -2.34. The van der Waals surface area contributed by atoms with Crippen molar-refractivity contribution in [2.24, 2.45) is 7.05 Å². The monoisotopic (exact) mass is 423 g/mol. The lowest BCUT2D eigenvalue weighted by molar-refractivity contribution is 0.0977. The molecule has 0 aliphatic carbocycles. The minimum Gasteiger partial charge on any atom is -0.333 e. The third kappa shape index (κ3) is 4.00. The van der Waals surface area contributed by atoms with Crippen LogP contribution >= 0.6 is 23.2 Å². The van der Waals surface area contributed by atoms with Crippen molar-refractivity contribution in [3.63, 3.8) is 0 Å². The highest BCUT2D eigenvalue weighted by molar-refractivity contribution is 7.90. The van der Waals surface area contributed by atoms with Gasteiger partial charge in [-0.05, 0) is 36.8 Å². The summed E-state index contributed by atoms with van der Waals surface area (Å²) in [5, 5.41) is 0.873. The van der Waals surface area contributed by atoms with E-state index >= 15 is 0 Å². The fourth-order valence-corrected chi connectivity index (χ4v) is 4.16. The van der Waals surface area contributed by atoms with E-state index in [2.05, 4.69) is 4.98 Å². The van der Waals surface area contributed by atoms with Crippen LogP contribution in [0, 0.1) is 6.92 Å². The zero-order valence-electron chi connectivity index (χ0n) is 14.4. The van der Waals surface area contributed by atoms with Crippen LogP contribution in [0.5, 0.6) is 0 Å². The van der Waals surface area contributed by atoms with Crippen molar-refractivity contribution in [2.45, 2.75) is 11.8 Å². The number of amides is 1. The minimum absolute atomic E-state index is 0.0346. The first kappa shape index (κ1) is 19.4. The minimum atomic E-state index is -4.02. The number of aromatic nitrogens is 2. The molecule has 0 saturated carbocycles. The van der Waals surface area contributed by atoms with Crippen molar-refractivity contribution in [3.05, 3.63) is 70.0 Å². The Morgan fingerprint density at radius 1 is 1.15 bits per heavy atom. The molecule has 1 amide bonds. The first-order chi connectivity index (χ1) is 12.7. The molecule has 140 valence electrons. The summed E-state index contributed by atoms with van der Waals surface area (Å²) in [6.07, 6.45) is 1.43. The molecule has 0 fully saturated rings. The van der Waals surface area contributed by atoms with Gasteiger partial charge in [0.15, 0.2) is 0 Å². The zero-order chi connectivity index (χ0) is 19.8. The maximum Gasteiger partial charge on any atom is 0.285 e. The molecule has 3 rings (SSSR count). The van der Waals surface area contributed by atoms with Gasteiger partial charge in [-0.15, -0.1) is 0 Å². The van der Waals surface area contributed by atoms with Gasteiger partial charge in [0.2, 0.25) is 0 Å². The van der Waals surface area contributed by atoms with Gasteiger partial charge in [-0.2, -0.15) is 0 Å². The van der Waals surface area contributed by atoms with Crippen molar-refractivity contribution in [2.75, 3.05) is 0 Å². The van der Waals surface area contributed by atoms with Crippen LogP contribution in [0.2, 0.25) is 10.0 Å². The Hall–Kier alpha value is -2.35. The van der Waals surface area contributed by atoms with Crippen LogP contribution in [-0.2, 0) is 17.1 Å². The number of aryl methyl sites for hydroxylation is 2. The molecule has 3 aromatic rings. The molecule has 1 aromatic heterocycles. The molecule has 0 saturated heterocycles. The number of imidazole rings is 1. The standard InChI is InChI=1S/C18H15Cl2N3O3S/c1-11-5-3-4-6-16(11)27(25,26)22-18(24)15-10-23(2)17(21-15)13-9-12(19)7-8-14(13)20/h3-10H,1-2H3,(H,22,24). The number of nitrogens with one attached hydrogen (secondary N) is 1. The summed E-state index contributed by atoms with van der Waals surface area (Å²) in [5.41, 5.74) is 1.01. The predicted octanol–water partition coefficient (Wildman–Crippen LogP) is 3.82. The number of hydrogen-bond donors (Lipinski definition) is 1. The number of carbonyl (C=O) groups excluding carboxylic acids is 1. The number of hydrogen-bond acceptors (Lipinski definition) is 4. The second kappa shape index (κ2) is 7.34. The SMILES string of the molecule is Cc1ccccc1S(=O)(=O)NC(=O)c1cn(C)c(-c2cc(Cl)ccc2Cl)n1. The molecule has 0 radical (unpaired) electrons. The molecular weight excluding hydrogens is 409 g/mol. The molecule has 0 aliphatic heterocycles. The zero-order valence-corrected chi connectivity index (χ0v) is 16.7. The predicted molar refractivity (Wildman–Crippen MR) is 104 cm³/mol. The Kier molecular flexibility index (Phi) is 5.28. The number of carbonyl (C=O) groups is 1. The third-order valence-electron chi connectivity index (χ3n) is 3.89. The average Bonchev–Trinajstić information content (AvgIpc) is 2.99. The van der Waals surface area contributed by atoms with Gasteiger partial charge in [0.1, 0.15) is 11.5 Å².